The first kappa shape index (κ1) is 13.8. The van der Waals surface area contributed by atoms with Crippen molar-refractivity contribution in [3.05, 3.63) is 23.9 Å². The molecule has 1 aliphatic heterocycles. The van der Waals surface area contributed by atoms with Crippen molar-refractivity contribution in [2.24, 2.45) is 5.84 Å². The number of nitrogens with one attached hydrogen (secondary N) is 2. The van der Waals surface area contributed by atoms with E-state index in [4.69, 9.17) is 5.84 Å². The molecule has 0 radical (unpaired) electrons. The minimum absolute atomic E-state index is 0.139. The van der Waals surface area contributed by atoms with E-state index in [1.807, 2.05) is 0 Å². The van der Waals surface area contributed by atoms with Gasteiger partial charge in [-0.2, -0.15) is 0 Å². The largest absolute Gasteiger partial charge is 0.347 e. The Kier molecular flexibility index (Phi) is 4.70. The number of hydrogen-bond acceptors (Lipinski definition) is 5. The van der Waals surface area contributed by atoms with E-state index >= 15 is 0 Å². The lowest BCUT2D eigenvalue weighted by Crippen LogP contribution is -2.47. The van der Waals surface area contributed by atoms with Gasteiger partial charge in [-0.15, -0.1) is 0 Å². The lowest BCUT2D eigenvalue weighted by molar-refractivity contribution is 0.0901. The number of likely N-dealkylation sites (N-methyl/N-ethyl adjacent to an activating group) is 1. The third kappa shape index (κ3) is 3.65. The van der Waals surface area contributed by atoms with Crippen molar-refractivity contribution in [3.8, 4) is 0 Å². The van der Waals surface area contributed by atoms with Crippen molar-refractivity contribution in [3.63, 3.8) is 0 Å². The molecule has 1 aromatic heterocycles. The molecule has 1 saturated heterocycles. The number of aromatic nitrogens is 1. The Morgan fingerprint density at radius 1 is 1.58 bits per heavy atom. The summed E-state index contributed by atoms with van der Waals surface area (Å²) in [5, 5.41) is 3.04. The molecule has 104 valence electrons. The van der Waals surface area contributed by atoms with E-state index in [9.17, 15) is 4.79 Å². The van der Waals surface area contributed by atoms with Crippen LogP contribution < -0.4 is 16.6 Å². The molecule has 4 N–H and O–H groups in total. The van der Waals surface area contributed by atoms with Gasteiger partial charge in [0.05, 0.1) is 0 Å². The van der Waals surface area contributed by atoms with Gasteiger partial charge in [-0.1, -0.05) is 13.0 Å². The van der Waals surface area contributed by atoms with Gasteiger partial charge >= 0.3 is 0 Å². The maximum absolute atomic E-state index is 12.1. The number of carbonyl (C=O) groups excluding carboxylic acids is 1. The predicted molar refractivity (Wildman–Crippen MR) is 74.6 cm³/mol. The first-order valence-corrected chi connectivity index (χ1v) is 6.69. The predicted octanol–water partition coefficient (Wildman–Crippen LogP) is 0.581. The Balaban J connectivity index is 1.96. The molecule has 0 spiro atoms. The number of amides is 1. The van der Waals surface area contributed by atoms with Crippen LogP contribution in [0.4, 0.5) is 5.82 Å². The Hall–Kier alpha value is -1.66. The van der Waals surface area contributed by atoms with Gasteiger partial charge in [0.25, 0.3) is 5.91 Å². The minimum atomic E-state index is -0.139. The highest BCUT2D eigenvalue weighted by molar-refractivity contribution is 5.92. The quantitative estimate of drug-likeness (QED) is 0.547. The maximum Gasteiger partial charge on any atom is 0.270 e. The number of rotatable bonds is 4. The summed E-state index contributed by atoms with van der Waals surface area (Å²) < 4.78 is 0. The van der Waals surface area contributed by atoms with Crippen LogP contribution in [0.1, 0.15) is 30.3 Å². The zero-order chi connectivity index (χ0) is 13.7. The summed E-state index contributed by atoms with van der Waals surface area (Å²) >= 11 is 0. The summed E-state index contributed by atoms with van der Waals surface area (Å²) in [7, 11) is 0. The summed E-state index contributed by atoms with van der Waals surface area (Å²) in [4.78, 5) is 18.6. The van der Waals surface area contributed by atoms with E-state index in [1.165, 1.54) is 0 Å². The van der Waals surface area contributed by atoms with Gasteiger partial charge in [0.1, 0.15) is 11.5 Å². The molecule has 0 bridgehead atoms. The molecule has 6 nitrogen and oxygen atoms in total. The molecular formula is C13H21N5O. The number of nitrogens with zero attached hydrogens (tertiary/aromatic N) is 2. The molecule has 1 aromatic rings. The molecule has 1 atom stereocenters. The zero-order valence-corrected chi connectivity index (χ0v) is 11.2. The van der Waals surface area contributed by atoms with E-state index in [1.54, 1.807) is 18.2 Å². The Morgan fingerprint density at radius 3 is 3.16 bits per heavy atom. The molecule has 1 unspecified atom stereocenters. The van der Waals surface area contributed by atoms with Crippen molar-refractivity contribution < 1.29 is 4.79 Å². The SMILES string of the molecule is CCN1CCCC(NC(=O)c2cccc(NN)n2)C1. The fourth-order valence-corrected chi connectivity index (χ4v) is 2.36. The van der Waals surface area contributed by atoms with Crippen molar-refractivity contribution in [2.45, 2.75) is 25.8 Å². The number of piperidine rings is 1. The van der Waals surface area contributed by atoms with E-state index in [2.05, 4.69) is 27.6 Å². The summed E-state index contributed by atoms with van der Waals surface area (Å²) in [6.45, 7) is 5.20. The third-order valence-corrected chi connectivity index (χ3v) is 3.42. The first-order chi connectivity index (χ1) is 9.22. The number of anilines is 1. The van der Waals surface area contributed by atoms with Crippen LogP contribution in [0.2, 0.25) is 0 Å². The van der Waals surface area contributed by atoms with E-state index in [0.717, 1.165) is 32.5 Å². The summed E-state index contributed by atoms with van der Waals surface area (Å²) in [5.41, 5.74) is 2.84. The van der Waals surface area contributed by atoms with Crippen LogP contribution in [-0.4, -0.2) is 41.5 Å². The number of hydrazine groups is 1. The van der Waals surface area contributed by atoms with E-state index in [0.29, 0.717) is 11.5 Å². The second-order valence-electron chi connectivity index (χ2n) is 4.76. The molecule has 1 fully saturated rings. The van der Waals surface area contributed by atoms with Gasteiger partial charge in [0, 0.05) is 12.6 Å². The third-order valence-electron chi connectivity index (χ3n) is 3.42. The number of carbonyl (C=O) groups is 1. The normalized spacial score (nSPS) is 20.0. The average molecular weight is 263 g/mol. The Morgan fingerprint density at radius 2 is 2.42 bits per heavy atom. The average Bonchev–Trinajstić information content (AvgIpc) is 2.47. The smallest absolute Gasteiger partial charge is 0.270 e. The summed E-state index contributed by atoms with van der Waals surface area (Å²) in [5.74, 6) is 5.64. The van der Waals surface area contributed by atoms with E-state index < -0.39 is 0 Å². The second kappa shape index (κ2) is 6.49. The summed E-state index contributed by atoms with van der Waals surface area (Å²) in [6.07, 6.45) is 2.15. The highest BCUT2D eigenvalue weighted by atomic mass is 16.1. The van der Waals surface area contributed by atoms with Crippen LogP contribution >= 0.6 is 0 Å². The van der Waals surface area contributed by atoms with Crippen LogP contribution in [0.25, 0.3) is 0 Å². The van der Waals surface area contributed by atoms with Crippen molar-refractivity contribution in [1.82, 2.24) is 15.2 Å². The molecule has 0 aromatic carbocycles. The van der Waals surface area contributed by atoms with Gasteiger partial charge < -0.3 is 15.6 Å². The van der Waals surface area contributed by atoms with Gasteiger partial charge in [-0.3, -0.25) is 4.79 Å². The second-order valence-corrected chi connectivity index (χ2v) is 4.76. The molecule has 2 rings (SSSR count). The molecule has 1 aliphatic rings. The molecule has 1 amide bonds. The zero-order valence-electron chi connectivity index (χ0n) is 11.2. The van der Waals surface area contributed by atoms with Gasteiger partial charge in [0.15, 0.2) is 0 Å². The maximum atomic E-state index is 12.1. The monoisotopic (exact) mass is 263 g/mol. The van der Waals surface area contributed by atoms with Crippen LogP contribution in [0.3, 0.4) is 0 Å². The van der Waals surface area contributed by atoms with Gasteiger partial charge in [-0.05, 0) is 38.1 Å². The molecule has 6 heteroatoms. The first-order valence-electron chi connectivity index (χ1n) is 6.69. The van der Waals surface area contributed by atoms with Crippen molar-refractivity contribution in [2.75, 3.05) is 25.1 Å². The fourth-order valence-electron chi connectivity index (χ4n) is 2.36. The van der Waals surface area contributed by atoms with Crippen LogP contribution in [-0.2, 0) is 0 Å². The molecule has 0 saturated carbocycles. The molecule has 19 heavy (non-hydrogen) atoms. The fraction of sp³-hybridized carbons (Fsp3) is 0.538. The van der Waals surface area contributed by atoms with Crippen LogP contribution in [0.5, 0.6) is 0 Å². The van der Waals surface area contributed by atoms with Gasteiger partial charge in [-0.25, -0.2) is 10.8 Å². The van der Waals surface area contributed by atoms with Crippen LogP contribution in [0.15, 0.2) is 18.2 Å². The number of nitrogen functional groups attached to an aromatic ring is 1. The highest BCUT2D eigenvalue weighted by Gasteiger charge is 2.21. The number of likely N-dealkylation sites (tertiary alicyclic amines) is 1. The highest BCUT2D eigenvalue weighted by Crippen LogP contribution is 2.10. The van der Waals surface area contributed by atoms with Gasteiger partial charge in [0.2, 0.25) is 0 Å². The summed E-state index contributed by atoms with van der Waals surface area (Å²) in [6, 6.07) is 5.38. The van der Waals surface area contributed by atoms with Crippen LogP contribution in [0, 0.1) is 0 Å². The Labute approximate surface area is 113 Å². The molecular weight excluding hydrogens is 242 g/mol. The lowest BCUT2D eigenvalue weighted by atomic mass is 10.1. The topological polar surface area (TPSA) is 83.3 Å². The lowest BCUT2D eigenvalue weighted by Gasteiger charge is -2.32. The standard InChI is InChI=1S/C13H21N5O/c1-2-18-8-4-5-10(9-18)15-13(19)11-6-3-7-12(16-11)17-14/h3,6-7,10H,2,4-5,8-9,14H2,1H3,(H,15,19)(H,16,17). The number of hydrogen-bond donors (Lipinski definition) is 3. The number of pyridine rings is 1. The van der Waals surface area contributed by atoms with E-state index in [-0.39, 0.29) is 11.9 Å². The molecule has 2 heterocycles. The Bertz CT molecular complexity index is 437. The van der Waals surface area contributed by atoms with Crippen molar-refractivity contribution in [1.29, 1.82) is 0 Å². The minimum Gasteiger partial charge on any atom is -0.347 e. The number of nitrogens with two attached hydrogens (primary N) is 1. The van der Waals surface area contributed by atoms with Crippen molar-refractivity contribution >= 4 is 11.7 Å². The molecule has 0 aliphatic carbocycles.